The number of hydrogen-bond acceptors (Lipinski definition) is 2. The summed E-state index contributed by atoms with van der Waals surface area (Å²) >= 11 is 0. The predicted molar refractivity (Wildman–Crippen MR) is 72.0 cm³/mol. The minimum absolute atomic E-state index is 0.116. The topological polar surface area (TPSA) is 70.6 Å². The van der Waals surface area contributed by atoms with Gasteiger partial charge in [0.1, 0.15) is 0 Å². The molecule has 0 bridgehead atoms. The number of nitrogens with zero attached hydrogens (tertiary/aromatic N) is 1. The standard InChI is InChI=1S/C13H27N3O/c1-13(2,8-5-9-17)10-15-12(14)16-11-6-3-4-7-11/h11,17H,3-10H2,1-2H3,(H3,14,15,16). The largest absolute Gasteiger partial charge is 0.396 e. The van der Waals surface area contributed by atoms with E-state index < -0.39 is 0 Å². The molecular weight excluding hydrogens is 214 g/mol. The zero-order valence-corrected chi connectivity index (χ0v) is 11.2. The lowest BCUT2D eigenvalue weighted by molar-refractivity contribution is 0.245. The van der Waals surface area contributed by atoms with Crippen molar-refractivity contribution < 1.29 is 5.11 Å². The number of aliphatic hydroxyl groups excluding tert-OH is 1. The van der Waals surface area contributed by atoms with E-state index in [4.69, 9.17) is 10.8 Å². The Morgan fingerprint density at radius 1 is 1.41 bits per heavy atom. The van der Waals surface area contributed by atoms with E-state index in [0.717, 1.165) is 19.4 Å². The SMILES string of the molecule is CC(C)(CCCO)CN=C(N)NC1CCCC1. The van der Waals surface area contributed by atoms with E-state index in [2.05, 4.69) is 24.2 Å². The number of aliphatic imine (C=N–C) groups is 1. The minimum Gasteiger partial charge on any atom is -0.396 e. The van der Waals surface area contributed by atoms with Gasteiger partial charge in [-0.15, -0.1) is 0 Å². The molecule has 0 aromatic heterocycles. The van der Waals surface area contributed by atoms with Crippen molar-refractivity contribution >= 4 is 5.96 Å². The van der Waals surface area contributed by atoms with Gasteiger partial charge < -0.3 is 16.2 Å². The number of rotatable bonds is 6. The first-order valence-electron chi connectivity index (χ1n) is 6.71. The molecule has 1 aliphatic rings. The Labute approximate surface area is 105 Å². The van der Waals surface area contributed by atoms with E-state index in [1.54, 1.807) is 0 Å². The van der Waals surface area contributed by atoms with Crippen LogP contribution in [0.5, 0.6) is 0 Å². The highest BCUT2D eigenvalue weighted by Crippen LogP contribution is 2.22. The average molecular weight is 241 g/mol. The number of aliphatic hydroxyl groups is 1. The van der Waals surface area contributed by atoms with E-state index in [1.165, 1.54) is 25.7 Å². The van der Waals surface area contributed by atoms with E-state index >= 15 is 0 Å². The van der Waals surface area contributed by atoms with Crippen molar-refractivity contribution in [2.45, 2.75) is 58.4 Å². The Hall–Kier alpha value is -0.770. The van der Waals surface area contributed by atoms with Gasteiger partial charge in [-0.25, -0.2) is 0 Å². The lowest BCUT2D eigenvalue weighted by atomic mass is 9.88. The Balaban J connectivity index is 2.29. The molecule has 0 saturated heterocycles. The summed E-state index contributed by atoms with van der Waals surface area (Å²) in [6, 6.07) is 0.527. The lowest BCUT2D eigenvalue weighted by Gasteiger charge is -2.22. The summed E-state index contributed by atoms with van der Waals surface area (Å²) in [4.78, 5) is 4.41. The lowest BCUT2D eigenvalue weighted by Crippen LogP contribution is -2.39. The van der Waals surface area contributed by atoms with Gasteiger partial charge in [0.15, 0.2) is 5.96 Å². The molecule has 17 heavy (non-hydrogen) atoms. The van der Waals surface area contributed by atoms with Crippen LogP contribution >= 0.6 is 0 Å². The van der Waals surface area contributed by atoms with Gasteiger partial charge in [-0.05, 0) is 31.1 Å². The smallest absolute Gasteiger partial charge is 0.188 e. The third kappa shape index (κ3) is 5.91. The molecule has 1 rings (SSSR count). The summed E-state index contributed by atoms with van der Waals surface area (Å²) < 4.78 is 0. The molecule has 4 N–H and O–H groups in total. The summed E-state index contributed by atoms with van der Waals surface area (Å²) in [5.74, 6) is 0.578. The van der Waals surface area contributed by atoms with Gasteiger partial charge in [0, 0.05) is 19.2 Å². The second kappa shape index (κ2) is 6.84. The molecule has 1 saturated carbocycles. The molecule has 1 fully saturated rings. The molecule has 100 valence electrons. The molecule has 0 unspecified atom stereocenters. The molecule has 0 heterocycles. The second-order valence-electron chi connectivity index (χ2n) is 5.82. The molecule has 0 aliphatic heterocycles. The van der Waals surface area contributed by atoms with Gasteiger partial charge in [0.25, 0.3) is 0 Å². The molecule has 0 amide bonds. The molecule has 0 atom stereocenters. The van der Waals surface area contributed by atoms with Crippen LogP contribution in [0.25, 0.3) is 0 Å². The molecule has 4 nitrogen and oxygen atoms in total. The van der Waals surface area contributed by atoms with Gasteiger partial charge in [0.2, 0.25) is 0 Å². The normalized spacial score (nSPS) is 18.6. The summed E-state index contributed by atoms with van der Waals surface area (Å²) in [5.41, 5.74) is 5.99. The summed E-state index contributed by atoms with van der Waals surface area (Å²) in [5, 5.41) is 12.1. The minimum atomic E-state index is 0.116. The Kier molecular flexibility index (Phi) is 5.75. The van der Waals surface area contributed by atoms with Gasteiger partial charge in [0.05, 0.1) is 0 Å². The van der Waals surface area contributed by atoms with Crippen LogP contribution in [0.1, 0.15) is 52.4 Å². The maximum atomic E-state index is 8.82. The highest BCUT2D eigenvalue weighted by atomic mass is 16.2. The fourth-order valence-electron chi connectivity index (χ4n) is 2.26. The molecular formula is C13H27N3O. The van der Waals surface area contributed by atoms with Crippen LogP contribution in [0.4, 0.5) is 0 Å². The van der Waals surface area contributed by atoms with E-state index in [-0.39, 0.29) is 12.0 Å². The van der Waals surface area contributed by atoms with Crippen molar-refractivity contribution in [1.82, 2.24) is 5.32 Å². The second-order valence-corrected chi connectivity index (χ2v) is 5.82. The number of hydrogen-bond donors (Lipinski definition) is 3. The van der Waals surface area contributed by atoms with Crippen LogP contribution < -0.4 is 11.1 Å². The van der Waals surface area contributed by atoms with Crippen molar-refractivity contribution in [2.24, 2.45) is 16.1 Å². The predicted octanol–water partition coefficient (Wildman–Crippen LogP) is 1.63. The third-order valence-electron chi connectivity index (χ3n) is 3.40. The van der Waals surface area contributed by atoms with Crippen LogP contribution in [0.3, 0.4) is 0 Å². The van der Waals surface area contributed by atoms with Crippen LogP contribution in [-0.2, 0) is 0 Å². The van der Waals surface area contributed by atoms with Crippen molar-refractivity contribution in [3.8, 4) is 0 Å². The number of guanidine groups is 1. The molecule has 4 heteroatoms. The zero-order chi connectivity index (χ0) is 12.7. The Bertz CT molecular complexity index is 245. The highest BCUT2D eigenvalue weighted by molar-refractivity contribution is 5.78. The van der Waals surface area contributed by atoms with Crippen LogP contribution in [0.15, 0.2) is 4.99 Å². The fraction of sp³-hybridized carbons (Fsp3) is 0.923. The third-order valence-corrected chi connectivity index (χ3v) is 3.40. The average Bonchev–Trinajstić information content (AvgIpc) is 2.77. The number of nitrogens with one attached hydrogen (secondary N) is 1. The summed E-state index contributed by atoms with van der Waals surface area (Å²) in [7, 11) is 0. The number of nitrogens with two attached hydrogens (primary N) is 1. The van der Waals surface area contributed by atoms with Crippen molar-refractivity contribution in [3.05, 3.63) is 0 Å². The highest BCUT2D eigenvalue weighted by Gasteiger charge is 2.18. The van der Waals surface area contributed by atoms with Crippen LogP contribution in [0, 0.1) is 5.41 Å². The maximum absolute atomic E-state index is 8.82. The van der Waals surface area contributed by atoms with E-state index in [9.17, 15) is 0 Å². The molecule has 1 aliphatic carbocycles. The molecule has 0 aromatic rings. The molecule has 0 aromatic carbocycles. The van der Waals surface area contributed by atoms with Crippen molar-refractivity contribution in [2.75, 3.05) is 13.2 Å². The van der Waals surface area contributed by atoms with Crippen molar-refractivity contribution in [1.29, 1.82) is 0 Å². The summed E-state index contributed by atoms with van der Waals surface area (Å²) in [6.07, 6.45) is 6.83. The van der Waals surface area contributed by atoms with Gasteiger partial charge in [-0.2, -0.15) is 0 Å². The monoisotopic (exact) mass is 241 g/mol. The fourth-order valence-corrected chi connectivity index (χ4v) is 2.26. The van der Waals surface area contributed by atoms with Gasteiger partial charge in [-0.1, -0.05) is 26.7 Å². The Morgan fingerprint density at radius 2 is 2.06 bits per heavy atom. The maximum Gasteiger partial charge on any atom is 0.188 e. The van der Waals surface area contributed by atoms with E-state index in [0.29, 0.717) is 12.0 Å². The van der Waals surface area contributed by atoms with Crippen molar-refractivity contribution in [3.63, 3.8) is 0 Å². The van der Waals surface area contributed by atoms with Crippen LogP contribution in [-0.4, -0.2) is 30.3 Å². The summed E-state index contributed by atoms with van der Waals surface area (Å²) in [6.45, 7) is 5.30. The Morgan fingerprint density at radius 3 is 2.65 bits per heavy atom. The quantitative estimate of drug-likeness (QED) is 0.489. The first-order chi connectivity index (χ1) is 8.03. The molecule has 0 spiro atoms. The first-order valence-corrected chi connectivity index (χ1v) is 6.71. The molecule has 0 radical (unpaired) electrons. The van der Waals surface area contributed by atoms with Gasteiger partial charge >= 0.3 is 0 Å². The zero-order valence-electron chi connectivity index (χ0n) is 11.2. The first kappa shape index (κ1) is 14.3. The van der Waals surface area contributed by atoms with E-state index in [1.807, 2.05) is 0 Å². The van der Waals surface area contributed by atoms with Crippen LogP contribution in [0.2, 0.25) is 0 Å². The van der Waals surface area contributed by atoms with Gasteiger partial charge in [-0.3, -0.25) is 4.99 Å².